The Morgan fingerprint density at radius 1 is 1.39 bits per heavy atom. The highest BCUT2D eigenvalue weighted by atomic mass is 16.6. The van der Waals surface area contributed by atoms with E-state index in [9.17, 15) is 4.79 Å². The number of benzene rings is 1. The molecule has 5 nitrogen and oxygen atoms in total. The van der Waals surface area contributed by atoms with E-state index < -0.39 is 0 Å². The van der Waals surface area contributed by atoms with Crippen molar-refractivity contribution in [3.05, 3.63) is 35.9 Å². The summed E-state index contributed by atoms with van der Waals surface area (Å²) in [6.45, 7) is 7.92. The molecule has 0 aromatic heterocycles. The predicted octanol–water partition coefficient (Wildman–Crippen LogP) is 2.46. The van der Waals surface area contributed by atoms with E-state index in [-0.39, 0.29) is 18.2 Å². The van der Waals surface area contributed by atoms with Gasteiger partial charge < -0.3 is 20.3 Å². The van der Waals surface area contributed by atoms with Crippen molar-refractivity contribution in [1.29, 1.82) is 0 Å². The van der Waals surface area contributed by atoms with E-state index in [1.54, 1.807) is 0 Å². The number of likely N-dealkylation sites (tertiary alicyclic amines) is 1. The Hall–Kier alpha value is -1.59. The van der Waals surface area contributed by atoms with Gasteiger partial charge in [0.1, 0.15) is 6.61 Å². The average Bonchev–Trinajstić information content (AvgIpc) is 2.54. The molecule has 0 bridgehead atoms. The molecule has 1 amide bonds. The fourth-order valence-corrected chi connectivity index (χ4v) is 3.22. The maximum Gasteiger partial charge on any atom is 0.410 e. The Bertz CT molecular complexity index is 476. The molecule has 0 aliphatic carbocycles. The van der Waals surface area contributed by atoms with Crippen LogP contribution >= 0.6 is 0 Å². The van der Waals surface area contributed by atoms with Crippen LogP contribution in [0.15, 0.2) is 30.3 Å². The normalized spacial score (nSPS) is 18.9. The van der Waals surface area contributed by atoms with Gasteiger partial charge >= 0.3 is 6.09 Å². The maximum atomic E-state index is 12.6. The molecule has 0 spiro atoms. The quantitative estimate of drug-likeness (QED) is 0.875. The number of ether oxygens (including phenoxy) is 1. The smallest absolute Gasteiger partial charge is 0.410 e. The number of hydrogen-bond acceptors (Lipinski definition) is 4. The third-order valence-corrected chi connectivity index (χ3v) is 4.29. The molecular weight excluding hydrogens is 290 g/mol. The largest absolute Gasteiger partial charge is 0.445 e. The van der Waals surface area contributed by atoms with Gasteiger partial charge in [-0.1, -0.05) is 30.3 Å². The Morgan fingerprint density at radius 3 is 2.78 bits per heavy atom. The first-order valence-electron chi connectivity index (χ1n) is 8.53. The molecule has 1 aromatic carbocycles. The number of amides is 1. The lowest BCUT2D eigenvalue weighted by Gasteiger charge is -2.40. The molecule has 0 unspecified atom stereocenters. The Balaban J connectivity index is 1.95. The molecule has 1 aliphatic heterocycles. The van der Waals surface area contributed by atoms with Crippen LogP contribution in [0, 0.1) is 0 Å². The number of piperidine rings is 1. The van der Waals surface area contributed by atoms with Crippen LogP contribution in [0.1, 0.15) is 32.3 Å². The number of nitrogens with two attached hydrogens (primary N) is 1. The minimum absolute atomic E-state index is 0.126. The predicted molar refractivity (Wildman–Crippen MR) is 92.1 cm³/mol. The van der Waals surface area contributed by atoms with E-state index in [1.807, 2.05) is 49.1 Å². The summed E-state index contributed by atoms with van der Waals surface area (Å²) in [5.74, 6) is 0. The van der Waals surface area contributed by atoms with E-state index in [2.05, 4.69) is 4.90 Å². The number of carbonyl (C=O) groups excluding carboxylic acids is 1. The molecule has 1 aliphatic rings. The number of nitrogens with zero attached hydrogens (tertiary/aromatic N) is 2. The van der Waals surface area contributed by atoms with Crippen LogP contribution in [0.5, 0.6) is 0 Å². The Labute approximate surface area is 139 Å². The first-order valence-corrected chi connectivity index (χ1v) is 8.53. The molecule has 1 saturated heterocycles. The maximum absolute atomic E-state index is 12.6. The van der Waals surface area contributed by atoms with Crippen molar-refractivity contribution >= 4 is 6.09 Å². The molecular formula is C18H29N3O2. The van der Waals surface area contributed by atoms with E-state index in [4.69, 9.17) is 10.5 Å². The van der Waals surface area contributed by atoms with E-state index in [0.29, 0.717) is 13.2 Å². The summed E-state index contributed by atoms with van der Waals surface area (Å²) in [5.41, 5.74) is 6.68. The van der Waals surface area contributed by atoms with Crippen LogP contribution in [0.4, 0.5) is 4.79 Å². The van der Waals surface area contributed by atoms with Crippen molar-refractivity contribution in [3.8, 4) is 0 Å². The van der Waals surface area contributed by atoms with Crippen LogP contribution in [0.3, 0.4) is 0 Å². The average molecular weight is 319 g/mol. The van der Waals surface area contributed by atoms with E-state index >= 15 is 0 Å². The number of carbonyl (C=O) groups is 1. The van der Waals surface area contributed by atoms with Gasteiger partial charge in [0.05, 0.1) is 0 Å². The standard InChI is InChI=1S/C18H29N3O2/c1-15(2)21(17-9-6-11-20(13-17)12-10-19)18(22)23-14-16-7-4-3-5-8-16/h3-5,7-8,15,17H,6,9-14,19H2,1-2H3/t17-/m1/s1. The van der Waals surface area contributed by atoms with Gasteiger partial charge in [0.2, 0.25) is 0 Å². The van der Waals surface area contributed by atoms with E-state index in [0.717, 1.165) is 38.0 Å². The molecule has 5 heteroatoms. The number of hydrogen-bond donors (Lipinski definition) is 1. The summed E-state index contributed by atoms with van der Waals surface area (Å²) in [7, 11) is 0. The fourth-order valence-electron chi connectivity index (χ4n) is 3.22. The summed E-state index contributed by atoms with van der Waals surface area (Å²) in [6, 6.07) is 10.1. The summed E-state index contributed by atoms with van der Waals surface area (Å²) < 4.78 is 5.54. The van der Waals surface area contributed by atoms with E-state index in [1.165, 1.54) is 0 Å². The Morgan fingerprint density at radius 2 is 2.13 bits per heavy atom. The summed E-state index contributed by atoms with van der Waals surface area (Å²) in [5, 5.41) is 0. The van der Waals surface area contributed by atoms with Gasteiger partial charge in [-0.15, -0.1) is 0 Å². The van der Waals surface area contributed by atoms with Crippen molar-refractivity contribution in [2.24, 2.45) is 5.73 Å². The van der Waals surface area contributed by atoms with Crippen molar-refractivity contribution in [1.82, 2.24) is 9.80 Å². The van der Waals surface area contributed by atoms with Crippen molar-refractivity contribution in [3.63, 3.8) is 0 Å². The molecule has 2 rings (SSSR count). The molecule has 1 heterocycles. The molecule has 0 radical (unpaired) electrons. The lowest BCUT2D eigenvalue weighted by molar-refractivity contribution is 0.0432. The van der Waals surface area contributed by atoms with Crippen LogP contribution in [-0.4, -0.2) is 54.2 Å². The molecule has 23 heavy (non-hydrogen) atoms. The molecule has 1 fully saturated rings. The van der Waals surface area contributed by atoms with Crippen LogP contribution < -0.4 is 5.73 Å². The minimum Gasteiger partial charge on any atom is -0.445 e. The zero-order valence-electron chi connectivity index (χ0n) is 14.3. The van der Waals surface area contributed by atoms with Gasteiger partial charge in [-0.3, -0.25) is 0 Å². The zero-order valence-corrected chi connectivity index (χ0v) is 14.3. The lowest BCUT2D eigenvalue weighted by Crippen LogP contribution is -2.53. The summed E-state index contributed by atoms with van der Waals surface area (Å²) in [6.07, 6.45) is 1.91. The monoisotopic (exact) mass is 319 g/mol. The van der Waals surface area contributed by atoms with Crippen LogP contribution in [0.2, 0.25) is 0 Å². The Kier molecular flexibility index (Phi) is 6.86. The zero-order chi connectivity index (χ0) is 16.7. The highest BCUT2D eigenvalue weighted by Crippen LogP contribution is 2.19. The third-order valence-electron chi connectivity index (χ3n) is 4.29. The van der Waals surface area contributed by atoms with Crippen molar-refractivity contribution in [2.75, 3.05) is 26.2 Å². The van der Waals surface area contributed by atoms with Crippen molar-refractivity contribution < 1.29 is 9.53 Å². The van der Waals surface area contributed by atoms with Crippen LogP contribution in [0.25, 0.3) is 0 Å². The second-order valence-electron chi connectivity index (χ2n) is 6.43. The molecule has 2 N–H and O–H groups in total. The fraction of sp³-hybridized carbons (Fsp3) is 0.611. The molecule has 1 atom stereocenters. The molecule has 1 aromatic rings. The topological polar surface area (TPSA) is 58.8 Å². The van der Waals surface area contributed by atoms with Gasteiger partial charge in [-0.05, 0) is 38.8 Å². The van der Waals surface area contributed by atoms with Gasteiger partial charge in [0.25, 0.3) is 0 Å². The van der Waals surface area contributed by atoms with Crippen LogP contribution in [-0.2, 0) is 11.3 Å². The first-order chi connectivity index (χ1) is 11.1. The van der Waals surface area contributed by atoms with Crippen molar-refractivity contribution in [2.45, 2.75) is 45.4 Å². The van der Waals surface area contributed by atoms with Gasteiger partial charge in [0, 0.05) is 31.7 Å². The second kappa shape index (κ2) is 8.89. The highest BCUT2D eigenvalue weighted by Gasteiger charge is 2.31. The second-order valence-corrected chi connectivity index (χ2v) is 6.43. The highest BCUT2D eigenvalue weighted by molar-refractivity contribution is 5.68. The number of rotatable bonds is 6. The van der Waals surface area contributed by atoms with Gasteiger partial charge in [0.15, 0.2) is 0 Å². The van der Waals surface area contributed by atoms with Gasteiger partial charge in [-0.25, -0.2) is 4.79 Å². The molecule has 128 valence electrons. The first kappa shape index (κ1) is 17.8. The third kappa shape index (κ3) is 5.22. The SMILES string of the molecule is CC(C)N(C(=O)OCc1ccccc1)[C@@H]1CCCN(CCN)C1. The van der Waals surface area contributed by atoms with Gasteiger partial charge in [-0.2, -0.15) is 0 Å². The lowest BCUT2D eigenvalue weighted by atomic mass is 10.0. The minimum atomic E-state index is -0.219. The summed E-state index contributed by atoms with van der Waals surface area (Å²) >= 11 is 0. The summed E-state index contributed by atoms with van der Waals surface area (Å²) in [4.78, 5) is 16.8. The molecule has 0 saturated carbocycles.